The Hall–Kier alpha value is -2.71. The first-order valence-corrected chi connectivity index (χ1v) is 11.1. The molecule has 9 heteroatoms. The average Bonchev–Trinajstić information content (AvgIpc) is 2.75. The molecule has 0 bridgehead atoms. The van der Waals surface area contributed by atoms with Gasteiger partial charge in [0.05, 0.1) is 6.61 Å². The predicted molar refractivity (Wildman–Crippen MR) is 122 cm³/mol. The number of carboxylic acid groups (broad SMARTS) is 1. The number of thioether (sulfide) groups is 1. The number of benzene rings is 2. The second kappa shape index (κ2) is 12.9. The molecule has 1 atom stereocenters. The summed E-state index contributed by atoms with van der Waals surface area (Å²) in [4.78, 5) is 36.1. The van der Waals surface area contributed by atoms with Gasteiger partial charge in [0.1, 0.15) is 5.25 Å². The maximum absolute atomic E-state index is 12.3. The van der Waals surface area contributed by atoms with E-state index in [2.05, 4.69) is 10.6 Å². The summed E-state index contributed by atoms with van der Waals surface area (Å²) in [5, 5.41) is 14.6. The van der Waals surface area contributed by atoms with Gasteiger partial charge in [-0.25, -0.2) is 4.79 Å². The van der Waals surface area contributed by atoms with E-state index >= 15 is 0 Å². The zero-order valence-electron chi connectivity index (χ0n) is 17.1. The first-order chi connectivity index (χ1) is 14.9. The molecule has 0 aliphatic rings. The molecular weight excluding hydrogens is 440 g/mol. The highest BCUT2D eigenvalue weighted by atomic mass is 35.5. The van der Waals surface area contributed by atoms with E-state index in [1.165, 1.54) is 0 Å². The van der Waals surface area contributed by atoms with Crippen molar-refractivity contribution < 1.29 is 24.2 Å². The molecule has 0 heterocycles. The van der Waals surface area contributed by atoms with Crippen LogP contribution in [0.15, 0.2) is 53.4 Å². The number of unbranched alkanes of at least 4 members (excludes halogenated alkanes) is 1. The Bertz CT molecular complexity index is 874. The molecule has 0 aliphatic heterocycles. The lowest BCUT2D eigenvalue weighted by atomic mass is 10.2. The van der Waals surface area contributed by atoms with Gasteiger partial charge in [0.2, 0.25) is 0 Å². The number of hydrogen-bond donors (Lipinski definition) is 3. The average molecular weight is 465 g/mol. The third-order valence-corrected chi connectivity index (χ3v) is 5.70. The van der Waals surface area contributed by atoms with Crippen molar-refractivity contribution in [2.24, 2.45) is 0 Å². The van der Waals surface area contributed by atoms with Gasteiger partial charge in [-0.1, -0.05) is 24.9 Å². The van der Waals surface area contributed by atoms with E-state index in [4.69, 9.17) is 16.3 Å². The molecule has 2 aromatic carbocycles. The summed E-state index contributed by atoms with van der Waals surface area (Å²) in [5.74, 6) is -1.28. The third kappa shape index (κ3) is 8.90. The van der Waals surface area contributed by atoms with E-state index in [0.29, 0.717) is 27.7 Å². The molecule has 7 nitrogen and oxygen atoms in total. The Morgan fingerprint density at radius 2 is 1.77 bits per heavy atom. The number of alkyl carbamates (subject to hydrolysis) is 1. The topological polar surface area (TPSA) is 105 Å². The quantitative estimate of drug-likeness (QED) is 0.317. The maximum atomic E-state index is 12.3. The monoisotopic (exact) mass is 464 g/mol. The van der Waals surface area contributed by atoms with Crippen LogP contribution in [-0.2, 0) is 9.53 Å². The molecule has 166 valence electrons. The van der Waals surface area contributed by atoms with Crippen molar-refractivity contribution in [1.82, 2.24) is 5.32 Å². The molecule has 2 amide bonds. The summed E-state index contributed by atoms with van der Waals surface area (Å²) in [5.41, 5.74) is 1.07. The molecule has 0 saturated carbocycles. The van der Waals surface area contributed by atoms with Gasteiger partial charge >= 0.3 is 12.1 Å². The fraction of sp³-hybridized carbons (Fsp3) is 0.318. The summed E-state index contributed by atoms with van der Waals surface area (Å²) >= 11 is 6.97. The van der Waals surface area contributed by atoms with E-state index in [1.54, 1.807) is 48.5 Å². The molecule has 0 aromatic heterocycles. The van der Waals surface area contributed by atoms with Gasteiger partial charge in [-0.3, -0.25) is 9.59 Å². The summed E-state index contributed by atoms with van der Waals surface area (Å²) < 4.78 is 5.03. The van der Waals surface area contributed by atoms with Gasteiger partial charge in [0.15, 0.2) is 0 Å². The molecule has 1 unspecified atom stereocenters. The summed E-state index contributed by atoms with van der Waals surface area (Å²) in [6.07, 6.45) is 1.44. The summed E-state index contributed by atoms with van der Waals surface area (Å²) in [7, 11) is 0. The number of rotatable bonds is 11. The number of nitrogens with one attached hydrogen (secondary N) is 2. The molecule has 0 fully saturated rings. The molecule has 3 N–H and O–H groups in total. The highest BCUT2D eigenvalue weighted by molar-refractivity contribution is 8.00. The lowest BCUT2D eigenvalue weighted by Gasteiger charge is -2.13. The fourth-order valence-corrected chi connectivity index (χ4v) is 3.56. The molecule has 0 saturated heterocycles. The van der Waals surface area contributed by atoms with Crippen LogP contribution in [0.25, 0.3) is 0 Å². The minimum Gasteiger partial charge on any atom is -0.480 e. The standard InChI is InChI=1S/C22H25ClN2O5S/c1-2-3-13-24-22(29)30-14-12-19(21(27)28)31-18-10-4-15(5-11-18)20(26)25-17-8-6-16(23)7-9-17/h4-11,19H,2-3,12-14H2,1H3,(H,24,29)(H,25,26)(H,27,28). The van der Waals surface area contributed by atoms with E-state index < -0.39 is 17.3 Å². The van der Waals surface area contributed by atoms with Crippen LogP contribution < -0.4 is 10.6 Å². The van der Waals surface area contributed by atoms with Crippen molar-refractivity contribution in [1.29, 1.82) is 0 Å². The highest BCUT2D eigenvalue weighted by Crippen LogP contribution is 2.26. The van der Waals surface area contributed by atoms with E-state index in [1.807, 2.05) is 6.92 Å². The van der Waals surface area contributed by atoms with Gasteiger partial charge in [0, 0.05) is 34.1 Å². The van der Waals surface area contributed by atoms with Crippen molar-refractivity contribution in [3.8, 4) is 0 Å². The molecular formula is C22H25ClN2O5S. The largest absolute Gasteiger partial charge is 0.480 e. The van der Waals surface area contributed by atoms with E-state index in [0.717, 1.165) is 24.6 Å². The Morgan fingerprint density at radius 1 is 1.10 bits per heavy atom. The second-order valence-corrected chi connectivity index (χ2v) is 8.35. The maximum Gasteiger partial charge on any atom is 0.407 e. The molecule has 2 rings (SSSR count). The smallest absolute Gasteiger partial charge is 0.407 e. The van der Waals surface area contributed by atoms with Crippen LogP contribution in [0.4, 0.5) is 10.5 Å². The first kappa shape index (κ1) is 24.6. The predicted octanol–water partition coefficient (Wildman–Crippen LogP) is 5.05. The van der Waals surface area contributed by atoms with E-state index in [9.17, 15) is 19.5 Å². The fourth-order valence-electron chi connectivity index (χ4n) is 2.50. The molecule has 0 spiro atoms. The van der Waals surface area contributed by atoms with Crippen molar-refractivity contribution in [2.45, 2.75) is 36.3 Å². The van der Waals surface area contributed by atoms with Crippen molar-refractivity contribution >= 4 is 47.0 Å². The van der Waals surface area contributed by atoms with Crippen molar-refractivity contribution in [3.05, 3.63) is 59.1 Å². The minimum absolute atomic E-state index is 0.00348. The number of carbonyl (C=O) groups is 3. The molecule has 31 heavy (non-hydrogen) atoms. The zero-order chi connectivity index (χ0) is 22.6. The highest BCUT2D eigenvalue weighted by Gasteiger charge is 2.20. The number of carboxylic acids is 1. The lowest BCUT2D eigenvalue weighted by Crippen LogP contribution is -2.27. The summed E-state index contributed by atoms with van der Waals surface area (Å²) in [6.45, 7) is 2.55. The van der Waals surface area contributed by atoms with E-state index in [-0.39, 0.29) is 18.9 Å². The van der Waals surface area contributed by atoms with Crippen LogP contribution >= 0.6 is 23.4 Å². The van der Waals surface area contributed by atoms with Crippen LogP contribution in [0, 0.1) is 0 Å². The van der Waals surface area contributed by atoms with Crippen LogP contribution in [0.2, 0.25) is 5.02 Å². The van der Waals surface area contributed by atoms with Gasteiger partial charge in [-0.2, -0.15) is 0 Å². The summed E-state index contributed by atoms with van der Waals surface area (Å²) in [6, 6.07) is 13.4. The van der Waals surface area contributed by atoms with Crippen molar-refractivity contribution in [2.75, 3.05) is 18.5 Å². The zero-order valence-corrected chi connectivity index (χ0v) is 18.7. The molecule has 0 aliphatic carbocycles. The Kier molecular flexibility index (Phi) is 10.2. The number of carbonyl (C=O) groups excluding carboxylic acids is 2. The molecule has 0 radical (unpaired) electrons. The number of aliphatic carboxylic acids is 1. The number of hydrogen-bond acceptors (Lipinski definition) is 5. The van der Waals surface area contributed by atoms with Crippen LogP contribution in [0.1, 0.15) is 36.5 Å². The normalized spacial score (nSPS) is 11.4. The van der Waals surface area contributed by atoms with Gasteiger partial charge in [-0.15, -0.1) is 11.8 Å². The van der Waals surface area contributed by atoms with Crippen molar-refractivity contribution in [3.63, 3.8) is 0 Å². The Morgan fingerprint density at radius 3 is 2.39 bits per heavy atom. The third-order valence-electron chi connectivity index (χ3n) is 4.19. The van der Waals surface area contributed by atoms with Crippen LogP contribution in [-0.4, -0.2) is 41.5 Å². The SMILES string of the molecule is CCCCNC(=O)OCCC(Sc1ccc(C(=O)Nc2ccc(Cl)cc2)cc1)C(=O)O. The number of anilines is 1. The van der Waals surface area contributed by atoms with Crippen LogP contribution in [0.5, 0.6) is 0 Å². The van der Waals surface area contributed by atoms with Gasteiger partial charge in [-0.05, 0) is 55.0 Å². The number of ether oxygens (including phenoxy) is 1. The second-order valence-electron chi connectivity index (χ2n) is 6.64. The Balaban J connectivity index is 1.85. The number of amides is 2. The van der Waals surface area contributed by atoms with Gasteiger partial charge in [0.25, 0.3) is 5.91 Å². The van der Waals surface area contributed by atoms with Crippen LogP contribution in [0.3, 0.4) is 0 Å². The lowest BCUT2D eigenvalue weighted by molar-refractivity contribution is -0.136. The Labute approximate surface area is 190 Å². The minimum atomic E-state index is -0.996. The first-order valence-electron chi connectivity index (χ1n) is 9.86. The molecule has 2 aromatic rings. The number of halogens is 1. The van der Waals surface area contributed by atoms with Gasteiger partial charge < -0.3 is 20.5 Å².